The molecule has 1 fully saturated rings. The minimum atomic E-state index is -3.48. The summed E-state index contributed by atoms with van der Waals surface area (Å²) in [4.78, 5) is 12.1. The summed E-state index contributed by atoms with van der Waals surface area (Å²) in [6.45, 7) is 1.88. The molecule has 2 atom stereocenters. The molecule has 1 aromatic rings. The van der Waals surface area contributed by atoms with Crippen molar-refractivity contribution in [2.75, 3.05) is 5.75 Å². The fourth-order valence-corrected chi connectivity index (χ4v) is 3.63. The van der Waals surface area contributed by atoms with Crippen LogP contribution in [0.5, 0.6) is 0 Å². The highest BCUT2D eigenvalue weighted by Crippen LogP contribution is 2.19. The van der Waals surface area contributed by atoms with Gasteiger partial charge in [0.2, 0.25) is 0 Å². The number of carbonyl (C=O) groups excluding carboxylic acids is 1. The van der Waals surface area contributed by atoms with E-state index in [1.165, 1.54) is 0 Å². The third kappa shape index (κ3) is 3.64. The van der Waals surface area contributed by atoms with Crippen molar-refractivity contribution in [3.63, 3.8) is 0 Å². The SMILES string of the molecule is C[C@@H]1CCCC(=O)[C@@H](CS(=O)(=O)c2ccccc2)O1. The fraction of sp³-hybridized carbons (Fsp3) is 0.500. The van der Waals surface area contributed by atoms with Crippen LogP contribution in [0.3, 0.4) is 0 Å². The lowest BCUT2D eigenvalue weighted by Gasteiger charge is -2.17. The average Bonchev–Trinajstić information content (AvgIpc) is 2.52. The Morgan fingerprint density at radius 2 is 1.95 bits per heavy atom. The molecule has 1 aromatic carbocycles. The highest BCUT2D eigenvalue weighted by atomic mass is 32.2. The van der Waals surface area contributed by atoms with Gasteiger partial charge in [0.05, 0.1) is 16.8 Å². The summed E-state index contributed by atoms with van der Waals surface area (Å²) in [5.41, 5.74) is 0. The van der Waals surface area contributed by atoms with Crippen molar-refractivity contribution in [2.24, 2.45) is 0 Å². The lowest BCUT2D eigenvalue weighted by Crippen LogP contribution is -2.33. The Bertz CT molecular complexity index is 536. The summed E-state index contributed by atoms with van der Waals surface area (Å²) in [5, 5.41) is 0. The van der Waals surface area contributed by atoms with Gasteiger partial charge in [0.1, 0.15) is 6.10 Å². The Balaban J connectivity index is 2.17. The quantitative estimate of drug-likeness (QED) is 0.850. The van der Waals surface area contributed by atoms with E-state index in [1.807, 2.05) is 6.92 Å². The second-order valence-corrected chi connectivity index (χ2v) is 6.92. The molecule has 0 saturated carbocycles. The zero-order valence-electron chi connectivity index (χ0n) is 10.9. The van der Waals surface area contributed by atoms with E-state index in [0.29, 0.717) is 6.42 Å². The lowest BCUT2D eigenvalue weighted by molar-refractivity contribution is -0.129. The van der Waals surface area contributed by atoms with Gasteiger partial charge < -0.3 is 4.74 Å². The number of benzene rings is 1. The van der Waals surface area contributed by atoms with E-state index in [9.17, 15) is 13.2 Å². The Morgan fingerprint density at radius 1 is 1.26 bits per heavy atom. The van der Waals surface area contributed by atoms with Crippen LogP contribution in [-0.4, -0.2) is 32.2 Å². The smallest absolute Gasteiger partial charge is 0.181 e. The number of ether oxygens (including phenoxy) is 1. The molecule has 0 bridgehead atoms. The van der Waals surface area contributed by atoms with Crippen molar-refractivity contribution < 1.29 is 17.9 Å². The first-order chi connectivity index (χ1) is 8.99. The zero-order chi connectivity index (χ0) is 13.9. The topological polar surface area (TPSA) is 60.4 Å². The van der Waals surface area contributed by atoms with Gasteiger partial charge in [-0.25, -0.2) is 8.42 Å². The van der Waals surface area contributed by atoms with Crippen molar-refractivity contribution in [1.82, 2.24) is 0 Å². The standard InChI is InChI=1S/C14H18O4S/c1-11-6-5-9-13(15)14(18-11)10-19(16,17)12-7-3-2-4-8-12/h2-4,7-8,11,14H,5-6,9-10H2,1H3/t11-,14-/m1/s1. The van der Waals surface area contributed by atoms with Crippen molar-refractivity contribution in [2.45, 2.75) is 43.3 Å². The molecule has 19 heavy (non-hydrogen) atoms. The van der Waals surface area contributed by atoms with Gasteiger partial charge in [0.25, 0.3) is 0 Å². The average molecular weight is 282 g/mol. The van der Waals surface area contributed by atoms with Crippen molar-refractivity contribution >= 4 is 15.6 Å². The second kappa shape index (κ2) is 5.84. The van der Waals surface area contributed by atoms with E-state index in [-0.39, 0.29) is 22.5 Å². The molecule has 0 aliphatic carbocycles. The number of carbonyl (C=O) groups is 1. The first-order valence-electron chi connectivity index (χ1n) is 6.45. The molecule has 0 N–H and O–H groups in total. The Morgan fingerprint density at radius 3 is 2.63 bits per heavy atom. The van der Waals surface area contributed by atoms with Gasteiger partial charge in [-0.2, -0.15) is 0 Å². The minimum absolute atomic E-state index is 0.0672. The van der Waals surface area contributed by atoms with Crippen LogP contribution in [0.25, 0.3) is 0 Å². The first kappa shape index (κ1) is 14.2. The molecule has 0 unspecified atom stereocenters. The summed E-state index contributed by atoms with van der Waals surface area (Å²) in [7, 11) is -3.48. The van der Waals surface area contributed by atoms with Crippen LogP contribution in [0.1, 0.15) is 26.2 Å². The molecule has 0 amide bonds. The Labute approximate surface area is 113 Å². The second-order valence-electron chi connectivity index (χ2n) is 4.89. The third-order valence-electron chi connectivity index (χ3n) is 3.26. The van der Waals surface area contributed by atoms with Gasteiger partial charge in [0.15, 0.2) is 15.6 Å². The molecule has 0 radical (unpaired) electrons. The normalized spacial score (nSPS) is 25.0. The van der Waals surface area contributed by atoms with E-state index in [0.717, 1.165) is 12.8 Å². The summed E-state index contributed by atoms with van der Waals surface area (Å²) < 4.78 is 30.0. The minimum Gasteiger partial charge on any atom is -0.366 e. The van der Waals surface area contributed by atoms with E-state index in [4.69, 9.17) is 4.74 Å². The predicted molar refractivity (Wildman–Crippen MR) is 71.7 cm³/mol. The van der Waals surface area contributed by atoms with Crippen molar-refractivity contribution in [1.29, 1.82) is 0 Å². The number of ketones is 1. The van der Waals surface area contributed by atoms with Gasteiger partial charge in [-0.1, -0.05) is 18.2 Å². The summed E-state index contributed by atoms with van der Waals surface area (Å²) in [6, 6.07) is 8.19. The van der Waals surface area contributed by atoms with E-state index in [2.05, 4.69) is 0 Å². The highest BCUT2D eigenvalue weighted by molar-refractivity contribution is 7.91. The zero-order valence-corrected chi connectivity index (χ0v) is 11.7. The van der Waals surface area contributed by atoms with Crippen molar-refractivity contribution in [3.8, 4) is 0 Å². The maximum absolute atomic E-state index is 12.2. The first-order valence-corrected chi connectivity index (χ1v) is 8.10. The molecule has 1 aliphatic rings. The van der Waals surface area contributed by atoms with E-state index in [1.54, 1.807) is 30.3 Å². The van der Waals surface area contributed by atoms with E-state index >= 15 is 0 Å². The molecule has 1 saturated heterocycles. The van der Waals surface area contributed by atoms with Gasteiger partial charge in [-0.15, -0.1) is 0 Å². The number of hydrogen-bond donors (Lipinski definition) is 0. The van der Waals surface area contributed by atoms with Crippen LogP contribution >= 0.6 is 0 Å². The third-order valence-corrected chi connectivity index (χ3v) is 4.99. The van der Waals surface area contributed by atoms with Crippen LogP contribution in [0.15, 0.2) is 35.2 Å². The summed E-state index contributed by atoms with van der Waals surface area (Å²) >= 11 is 0. The maximum Gasteiger partial charge on any atom is 0.181 e. The molecule has 1 aliphatic heterocycles. The molecular weight excluding hydrogens is 264 g/mol. The molecule has 2 rings (SSSR count). The Hall–Kier alpha value is -1.20. The molecule has 4 nitrogen and oxygen atoms in total. The monoisotopic (exact) mass is 282 g/mol. The number of rotatable bonds is 3. The molecule has 1 heterocycles. The summed E-state index contributed by atoms with van der Waals surface area (Å²) in [6.07, 6.45) is 1.07. The van der Waals surface area contributed by atoms with Crippen LogP contribution < -0.4 is 0 Å². The van der Waals surface area contributed by atoms with Gasteiger partial charge in [-0.05, 0) is 31.9 Å². The van der Waals surface area contributed by atoms with Crippen molar-refractivity contribution in [3.05, 3.63) is 30.3 Å². The van der Waals surface area contributed by atoms with Crippen LogP contribution in [0.2, 0.25) is 0 Å². The van der Waals surface area contributed by atoms with Gasteiger partial charge in [-0.3, -0.25) is 4.79 Å². The van der Waals surface area contributed by atoms with Crippen LogP contribution in [-0.2, 0) is 19.4 Å². The predicted octanol–water partition coefficient (Wildman–Crippen LogP) is 1.99. The number of sulfone groups is 1. The number of Topliss-reactive ketones (excluding diaryl/α,β-unsaturated/α-hetero) is 1. The van der Waals surface area contributed by atoms with Gasteiger partial charge in [0, 0.05) is 6.42 Å². The molecule has 104 valence electrons. The van der Waals surface area contributed by atoms with Crippen LogP contribution in [0, 0.1) is 0 Å². The number of hydrogen-bond acceptors (Lipinski definition) is 4. The molecular formula is C14H18O4S. The molecule has 0 spiro atoms. The summed E-state index contributed by atoms with van der Waals surface area (Å²) in [5.74, 6) is -0.371. The maximum atomic E-state index is 12.2. The molecule has 0 aromatic heterocycles. The fourth-order valence-electron chi connectivity index (χ4n) is 2.20. The van der Waals surface area contributed by atoms with Gasteiger partial charge >= 0.3 is 0 Å². The van der Waals surface area contributed by atoms with E-state index < -0.39 is 15.9 Å². The molecule has 5 heteroatoms. The highest BCUT2D eigenvalue weighted by Gasteiger charge is 2.30. The van der Waals surface area contributed by atoms with Crippen LogP contribution in [0.4, 0.5) is 0 Å². The lowest BCUT2D eigenvalue weighted by atomic mass is 10.1. The Kier molecular flexibility index (Phi) is 4.37. The largest absolute Gasteiger partial charge is 0.366 e.